The minimum Gasteiger partial charge on any atom is -0.457 e. The number of esters is 1. The van der Waals surface area contributed by atoms with Crippen molar-refractivity contribution in [3.8, 4) is 0 Å². The first-order valence-electron chi connectivity index (χ1n) is 8.68. The number of ketones is 1. The van der Waals surface area contributed by atoms with E-state index in [0.717, 1.165) is 21.1 Å². The van der Waals surface area contributed by atoms with Crippen molar-refractivity contribution in [1.29, 1.82) is 0 Å². The molecule has 2 aromatic rings. The zero-order valence-electron chi connectivity index (χ0n) is 15.4. The highest BCUT2D eigenvalue weighted by Crippen LogP contribution is 2.10. The van der Waals surface area contributed by atoms with E-state index < -0.39 is 29.6 Å². The van der Waals surface area contributed by atoms with Gasteiger partial charge < -0.3 is 10.5 Å². The average molecular weight is 373 g/mol. The van der Waals surface area contributed by atoms with Crippen LogP contribution < -0.4 is 17.0 Å². The summed E-state index contributed by atoms with van der Waals surface area (Å²) in [6.07, 6.45) is 1.67. The number of rotatable bonds is 8. The number of nitrogens with two attached hydrogens (primary N) is 1. The molecule has 8 heteroatoms. The van der Waals surface area contributed by atoms with Gasteiger partial charge in [-0.05, 0) is 12.0 Å². The van der Waals surface area contributed by atoms with Crippen molar-refractivity contribution in [2.24, 2.45) is 7.05 Å². The van der Waals surface area contributed by atoms with Crippen LogP contribution in [0.5, 0.6) is 0 Å². The number of ether oxygens (including phenoxy) is 1. The van der Waals surface area contributed by atoms with Crippen molar-refractivity contribution in [2.45, 2.75) is 32.7 Å². The third-order valence-electron chi connectivity index (χ3n) is 4.14. The number of aromatic nitrogens is 2. The second-order valence-electron chi connectivity index (χ2n) is 6.17. The van der Waals surface area contributed by atoms with Gasteiger partial charge in [0.05, 0.1) is 6.54 Å². The largest absolute Gasteiger partial charge is 0.457 e. The molecule has 0 saturated carbocycles. The quantitative estimate of drug-likeness (QED) is 0.547. The smallest absolute Gasteiger partial charge is 0.332 e. The summed E-state index contributed by atoms with van der Waals surface area (Å²) in [5.41, 5.74) is 4.98. The van der Waals surface area contributed by atoms with Crippen molar-refractivity contribution in [3.05, 3.63) is 62.3 Å². The molecule has 0 amide bonds. The van der Waals surface area contributed by atoms with Crippen molar-refractivity contribution < 1.29 is 14.3 Å². The lowest BCUT2D eigenvalue weighted by atomic mass is 10.2. The number of Topliss-reactive ketones (excluding diaryl/α,β-unsaturated/α-hetero) is 1. The summed E-state index contributed by atoms with van der Waals surface area (Å²) in [5, 5.41) is 0. The van der Waals surface area contributed by atoms with E-state index in [1.54, 1.807) is 24.3 Å². The van der Waals surface area contributed by atoms with Gasteiger partial charge in [0.15, 0.2) is 6.61 Å². The topological polar surface area (TPSA) is 113 Å². The molecular formula is C19H23N3O5. The molecule has 0 aliphatic carbocycles. The van der Waals surface area contributed by atoms with Crippen molar-refractivity contribution in [1.82, 2.24) is 9.13 Å². The molecule has 0 aliphatic rings. The molecule has 1 aromatic heterocycles. The van der Waals surface area contributed by atoms with Crippen molar-refractivity contribution >= 4 is 17.6 Å². The molecule has 0 saturated heterocycles. The predicted molar refractivity (Wildman–Crippen MR) is 101 cm³/mol. The molecule has 0 atom stereocenters. The van der Waals surface area contributed by atoms with Gasteiger partial charge in [0.1, 0.15) is 11.4 Å². The van der Waals surface area contributed by atoms with E-state index in [4.69, 9.17) is 10.5 Å². The number of carbonyl (C=O) groups is 2. The van der Waals surface area contributed by atoms with Gasteiger partial charge in [-0.25, -0.2) is 4.79 Å². The third kappa shape index (κ3) is 4.72. The van der Waals surface area contributed by atoms with E-state index in [9.17, 15) is 19.2 Å². The Morgan fingerprint density at radius 3 is 2.44 bits per heavy atom. The second-order valence-corrected chi connectivity index (χ2v) is 6.17. The van der Waals surface area contributed by atoms with E-state index in [2.05, 4.69) is 0 Å². The number of nitrogen functional groups attached to an aromatic ring is 1. The van der Waals surface area contributed by atoms with Crippen LogP contribution in [0.2, 0.25) is 0 Å². The summed E-state index contributed by atoms with van der Waals surface area (Å²) < 4.78 is 6.90. The Morgan fingerprint density at radius 1 is 1.15 bits per heavy atom. The lowest BCUT2D eigenvalue weighted by molar-refractivity contribution is -0.142. The minimum atomic E-state index is -0.809. The maximum Gasteiger partial charge on any atom is 0.332 e. The first-order chi connectivity index (χ1) is 12.9. The van der Waals surface area contributed by atoms with E-state index in [0.29, 0.717) is 6.42 Å². The summed E-state index contributed by atoms with van der Waals surface area (Å²) in [6, 6.07) is 9.04. The molecule has 2 rings (SSSR count). The van der Waals surface area contributed by atoms with Gasteiger partial charge in [-0.3, -0.25) is 23.5 Å². The van der Waals surface area contributed by atoms with E-state index in [-0.39, 0.29) is 24.3 Å². The number of nitrogens with zero attached hydrogens (tertiary/aromatic N) is 2. The van der Waals surface area contributed by atoms with Crippen LogP contribution in [0.1, 0.15) is 42.1 Å². The predicted octanol–water partition coefficient (Wildman–Crippen LogP) is 1.09. The summed E-state index contributed by atoms with van der Waals surface area (Å²) in [7, 11) is 1.27. The van der Waals surface area contributed by atoms with Crippen LogP contribution in [0, 0.1) is 0 Å². The molecule has 2 N–H and O–H groups in total. The van der Waals surface area contributed by atoms with E-state index in [1.165, 1.54) is 7.05 Å². The molecule has 27 heavy (non-hydrogen) atoms. The van der Waals surface area contributed by atoms with Gasteiger partial charge in [0, 0.05) is 13.5 Å². The van der Waals surface area contributed by atoms with Crippen LogP contribution >= 0.6 is 0 Å². The summed E-state index contributed by atoms with van der Waals surface area (Å²) in [4.78, 5) is 48.8. The number of unbranched alkanes of at least 4 members (excludes halogenated alkanes) is 1. The molecule has 0 unspecified atom stereocenters. The Labute approximate surface area is 156 Å². The third-order valence-corrected chi connectivity index (χ3v) is 4.14. The number of benzene rings is 1. The standard InChI is InChI=1S/C19H23N3O5/c1-3-4-10-15(24)27-12-14(23)16-17(20)22(19(26)21(2)18(16)25)11-13-8-6-5-7-9-13/h5-9H,3-4,10-12,20H2,1-2H3. The van der Waals surface area contributed by atoms with Crippen LogP contribution in [-0.4, -0.2) is 27.5 Å². The van der Waals surface area contributed by atoms with E-state index >= 15 is 0 Å². The summed E-state index contributed by atoms with van der Waals surface area (Å²) in [5.74, 6) is -1.49. The zero-order valence-corrected chi connectivity index (χ0v) is 15.4. The first-order valence-corrected chi connectivity index (χ1v) is 8.68. The monoisotopic (exact) mass is 373 g/mol. The highest BCUT2D eigenvalue weighted by Gasteiger charge is 2.22. The molecule has 8 nitrogen and oxygen atoms in total. The minimum absolute atomic E-state index is 0.107. The first kappa shape index (κ1) is 20.2. The Morgan fingerprint density at radius 2 is 1.81 bits per heavy atom. The Kier molecular flexibility index (Phi) is 6.70. The molecule has 0 spiro atoms. The summed E-state index contributed by atoms with van der Waals surface area (Å²) in [6.45, 7) is 1.44. The maximum absolute atomic E-state index is 12.4. The highest BCUT2D eigenvalue weighted by atomic mass is 16.5. The lowest BCUT2D eigenvalue weighted by Gasteiger charge is -2.14. The Hall–Kier alpha value is -3.16. The zero-order chi connectivity index (χ0) is 20.0. The van der Waals surface area contributed by atoms with Gasteiger partial charge in [0.2, 0.25) is 5.78 Å². The fourth-order valence-electron chi connectivity index (χ4n) is 2.58. The fourth-order valence-corrected chi connectivity index (χ4v) is 2.58. The van der Waals surface area contributed by atoms with Crippen molar-refractivity contribution in [3.63, 3.8) is 0 Å². The normalized spacial score (nSPS) is 10.6. The van der Waals surface area contributed by atoms with Gasteiger partial charge in [0.25, 0.3) is 5.56 Å². The molecule has 0 bridgehead atoms. The molecule has 0 fully saturated rings. The highest BCUT2D eigenvalue weighted by molar-refractivity contribution is 6.01. The van der Waals surface area contributed by atoms with Gasteiger partial charge in [-0.15, -0.1) is 0 Å². The van der Waals surface area contributed by atoms with Crippen LogP contribution in [0.3, 0.4) is 0 Å². The molecule has 144 valence electrons. The summed E-state index contributed by atoms with van der Waals surface area (Å²) >= 11 is 0. The number of anilines is 1. The number of carbonyl (C=O) groups excluding carboxylic acids is 2. The Bertz CT molecular complexity index is 944. The van der Waals surface area contributed by atoms with Crippen LogP contribution in [-0.2, 0) is 23.1 Å². The number of hydrogen-bond acceptors (Lipinski definition) is 6. The second kappa shape index (κ2) is 8.98. The number of hydrogen-bond donors (Lipinski definition) is 1. The molecule has 0 aliphatic heterocycles. The Balaban J connectivity index is 2.33. The SMILES string of the molecule is CCCCC(=O)OCC(=O)c1c(N)n(Cc2ccccc2)c(=O)n(C)c1=O. The van der Waals surface area contributed by atoms with Gasteiger partial charge >= 0.3 is 11.7 Å². The van der Waals surface area contributed by atoms with E-state index in [1.807, 2.05) is 13.0 Å². The lowest BCUT2D eigenvalue weighted by Crippen LogP contribution is -2.43. The molecule has 1 heterocycles. The van der Waals surface area contributed by atoms with Crippen LogP contribution in [0.15, 0.2) is 39.9 Å². The van der Waals surface area contributed by atoms with Crippen LogP contribution in [0.4, 0.5) is 5.82 Å². The maximum atomic E-state index is 12.4. The van der Waals surface area contributed by atoms with Crippen LogP contribution in [0.25, 0.3) is 0 Å². The molecular weight excluding hydrogens is 350 g/mol. The van der Waals surface area contributed by atoms with Crippen molar-refractivity contribution in [2.75, 3.05) is 12.3 Å². The molecule has 0 radical (unpaired) electrons. The molecule has 1 aromatic carbocycles. The fraction of sp³-hybridized carbons (Fsp3) is 0.368. The van der Waals surface area contributed by atoms with Gasteiger partial charge in [-0.1, -0.05) is 43.7 Å². The van der Waals surface area contributed by atoms with Gasteiger partial charge in [-0.2, -0.15) is 0 Å². The average Bonchev–Trinajstić information content (AvgIpc) is 2.67.